The molecule has 40 valence electrons. The minimum absolute atomic E-state index is 0. The Labute approximate surface area is 105 Å². The van der Waals surface area contributed by atoms with Crippen molar-refractivity contribution in [1.29, 1.82) is 0 Å². The van der Waals surface area contributed by atoms with Crippen LogP contribution in [-0.4, -0.2) is 37.7 Å². The molecule has 0 heterocycles. The molecule has 8 heteroatoms. The van der Waals surface area contributed by atoms with Gasteiger partial charge in [-0.3, -0.25) is 0 Å². The molecule has 0 saturated heterocycles. The summed E-state index contributed by atoms with van der Waals surface area (Å²) in [4.78, 5) is 25.6. The fourth-order valence-corrected chi connectivity index (χ4v) is 0. The van der Waals surface area contributed by atoms with Gasteiger partial charge in [0, 0.05) is 0 Å². The number of hydrogen-bond donors (Lipinski definition) is 0. The van der Waals surface area contributed by atoms with Gasteiger partial charge >= 0.3 is 67.3 Å². The van der Waals surface area contributed by atoms with E-state index in [2.05, 4.69) is 0 Å². The molecule has 0 fully saturated rings. The van der Waals surface area contributed by atoms with Crippen LogP contribution in [-0.2, 0) is 4.57 Å². The van der Waals surface area contributed by atoms with E-state index in [1.54, 1.807) is 0 Å². The van der Waals surface area contributed by atoms with E-state index in [1.165, 1.54) is 0 Å². The zero-order chi connectivity index (χ0) is 4.50. The molecule has 0 saturated carbocycles. The molecule has 0 bridgehead atoms. The zero-order valence-corrected chi connectivity index (χ0v) is 10.0. The van der Waals surface area contributed by atoms with Crippen LogP contribution in [0.5, 0.6) is 0 Å². The molecule has 0 aliphatic carbocycles. The first-order valence-corrected chi connectivity index (χ1v) is 2.19. The Bertz CT molecular complexity index is 62.2. The predicted molar refractivity (Wildman–Crippen MR) is 13.4 cm³/mol. The molecule has 0 spiro atoms. The maximum atomic E-state index is 8.55. The Balaban J connectivity index is -0.0000000267. The van der Waals surface area contributed by atoms with E-state index in [0.29, 0.717) is 0 Å². The van der Waals surface area contributed by atoms with Crippen LogP contribution in [0.1, 0.15) is 0 Å². The molecule has 8 heavy (non-hydrogen) atoms. The van der Waals surface area contributed by atoms with Gasteiger partial charge in [0.25, 0.3) is 0 Å². The molecule has 0 aliphatic rings. The van der Waals surface area contributed by atoms with Crippen LogP contribution in [0.3, 0.4) is 0 Å². The van der Waals surface area contributed by atoms with Gasteiger partial charge in [-0.1, -0.05) is 0 Å². The van der Waals surface area contributed by atoms with Crippen molar-refractivity contribution in [3.05, 3.63) is 0 Å². The van der Waals surface area contributed by atoms with Crippen LogP contribution in [0.25, 0.3) is 0 Å². The Morgan fingerprint density at radius 1 is 1.12 bits per heavy atom. The molecule has 0 rings (SSSR count). The molecule has 4 nitrogen and oxygen atoms in total. The SMILES string of the molecule is O=P([O-])([O-])[O-].[Ca+2].[Cl-].[Na+]. The first-order chi connectivity index (χ1) is 2.00. The largest absolute Gasteiger partial charge is 2.00 e. The van der Waals surface area contributed by atoms with Crippen molar-refractivity contribution in [1.82, 2.24) is 0 Å². The second kappa shape index (κ2) is 9.66. The monoisotopic (exact) mass is 193 g/mol. The van der Waals surface area contributed by atoms with Gasteiger partial charge in [-0.05, 0) is 0 Å². The van der Waals surface area contributed by atoms with Gasteiger partial charge < -0.3 is 31.7 Å². The summed E-state index contributed by atoms with van der Waals surface area (Å²) in [5.41, 5.74) is 0. The summed E-state index contributed by atoms with van der Waals surface area (Å²) in [6.45, 7) is 0. The average molecular weight is 193 g/mol. The van der Waals surface area contributed by atoms with Gasteiger partial charge in [0.1, 0.15) is 0 Å². The molecule has 0 aromatic heterocycles. The second-order valence-corrected chi connectivity index (χ2v) is 1.34. The summed E-state index contributed by atoms with van der Waals surface area (Å²) in [7, 11) is -5.39. The van der Waals surface area contributed by atoms with Crippen LogP contribution >= 0.6 is 7.82 Å². The summed E-state index contributed by atoms with van der Waals surface area (Å²) < 4.78 is 8.55. The van der Waals surface area contributed by atoms with E-state index in [0.717, 1.165) is 0 Å². The van der Waals surface area contributed by atoms with Crippen LogP contribution in [0.15, 0.2) is 0 Å². The number of hydrogen-bond acceptors (Lipinski definition) is 4. The maximum absolute atomic E-state index is 8.55. The predicted octanol–water partition coefficient (Wildman–Crippen LogP) is -9.20. The van der Waals surface area contributed by atoms with Gasteiger partial charge in [0.15, 0.2) is 0 Å². The maximum Gasteiger partial charge on any atom is 2.00 e. The van der Waals surface area contributed by atoms with Gasteiger partial charge in [-0.2, -0.15) is 7.82 Å². The molecule has 0 radical (unpaired) electrons. The van der Waals surface area contributed by atoms with Crippen molar-refractivity contribution < 1.29 is 61.2 Å². The van der Waals surface area contributed by atoms with Crippen LogP contribution in [0, 0.1) is 0 Å². The summed E-state index contributed by atoms with van der Waals surface area (Å²) in [6.07, 6.45) is 0. The zero-order valence-electron chi connectivity index (χ0n) is 4.17. The van der Waals surface area contributed by atoms with Crippen molar-refractivity contribution >= 4 is 45.6 Å². The van der Waals surface area contributed by atoms with Crippen molar-refractivity contribution in [3.63, 3.8) is 0 Å². The second-order valence-electron chi connectivity index (χ2n) is 0.447. The first kappa shape index (κ1) is 22.4. The standard InChI is InChI=1S/Ca.ClH.Na.H3O4P/c;;;1-5(2,3)4/h;1H;;(H3,1,2,3,4)/q+2;;+1;/p-4. The van der Waals surface area contributed by atoms with Crippen LogP contribution in [0.2, 0.25) is 0 Å². The molecule has 0 atom stereocenters. The molecular weight excluding hydrogens is 193 g/mol. The third-order valence-electron chi connectivity index (χ3n) is 0. The van der Waals surface area contributed by atoms with Gasteiger partial charge in [-0.15, -0.1) is 0 Å². The Kier molecular flexibility index (Phi) is 27.1. The molecule has 0 aliphatic heterocycles. The van der Waals surface area contributed by atoms with Crippen molar-refractivity contribution in [3.8, 4) is 0 Å². The van der Waals surface area contributed by atoms with Gasteiger partial charge in [0.05, 0.1) is 0 Å². The summed E-state index contributed by atoms with van der Waals surface area (Å²) in [5.74, 6) is 0. The summed E-state index contributed by atoms with van der Waals surface area (Å²) in [5, 5.41) is 0. The van der Waals surface area contributed by atoms with E-state index in [4.69, 9.17) is 19.2 Å². The summed E-state index contributed by atoms with van der Waals surface area (Å²) >= 11 is 0. The Morgan fingerprint density at radius 2 is 1.12 bits per heavy atom. The van der Waals surface area contributed by atoms with Crippen LogP contribution in [0.4, 0.5) is 0 Å². The number of halogens is 1. The Morgan fingerprint density at radius 3 is 1.12 bits per heavy atom. The smallest absolute Gasteiger partial charge is 1.00 e. The van der Waals surface area contributed by atoms with E-state index in [-0.39, 0.29) is 79.7 Å². The van der Waals surface area contributed by atoms with Gasteiger partial charge in [-0.25, -0.2) is 0 Å². The molecule has 0 amide bonds. The normalized spacial score (nSPS) is 7.38. The summed E-state index contributed by atoms with van der Waals surface area (Å²) in [6, 6.07) is 0. The molecule has 0 N–H and O–H groups in total. The van der Waals surface area contributed by atoms with Crippen molar-refractivity contribution in [2.75, 3.05) is 0 Å². The topological polar surface area (TPSA) is 86.2 Å². The minimum Gasteiger partial charge on any atom is -1.00 e. The Hall–Kier alpha value is 2.66. The third-order valence-corrected chi connectivity index (χ3v) is 0. The van der Waals surface area contributed by atoms with Crippen molar-refractivity contribution in [2.24, 2.45) is 0 Å². The third kappa shape index (κ3) is 71.8. The number of rotatable bonds is 0. The van der Waals surface area contributed by atoms with E-state index >= 15 is 0 Å². The quantitative estimate of drug-likeness (QED) is 0.282. The molecular formula is CaClNaO4P-. The van der Waals surface area contributed by atoms with E-state index in [9.17, 15) is 0 Å². The van der Waals surface area contributed by atoms with Crippen LogP contribution < -0.4 is 56.6 Å². The van der Waals surface area contributed by atoms with Gasteiger partial charge in [0.2, 0.25) is 0 Å². The fraction of sp³-hybridized carbons (Fsp3) is 0. The fourth-order valence-electron chi connectivity index (χ4n) is 0. The first-order valence-electron chi connectivity index (χ1n) is 0.730. The molecule has 0 aromatic rings. The molecule has 0 aromatic carbocycles. The van der Waals surface area contributed by atoms with Crippen molar-refractivity contribution in [2.45, 2.75) is 0 Å². The average Bonchev–Trinajstić information content (AvgIpc) is 0.722. The number of phosphoric acid groups is 1. The minimum atomic E-state index is -5.39. The molecule has 0 unspecified atom stereocenters. The van der Waals surface area contributed by atoms with E-state index < -0.39 is 7.82 Å². The van der Waals surface area contributed by atoms with E-state index in [1.807, 2.05) is 0 Å².